The number of likely N-dealkylation sites (tertiary alicyclic amines) is 1. The number of nitrogens with zero attached hydrogens (tertiary/aromatic N) is 3. The minimum atomic E-state index is -3.55. The molecular weight excluding hydrogens is 382 g/mol. The lowest BCUT2D eigenvalue weighted by atomic mass is 10.1. The first kappa shape index (κ1) is 18.9. The van der Waals surface area contributed by atoms with Crippen molar-refractivity contribution < 1.29 is 22.5 Å². The average molecular weight is 405 g/mol. The minimum absolute atomic E-state index is 0.159. The van der Waals surface area contributed by atoms with Crippen LogP contribution in [0, 0.1) is 0 Å². The summed E-state index contributed by atoms with van der Waals surface area (Å²) in [6, 6.07) is 9.13. The van der Waals surface area contributed by atoms with Crippen LogP contribution in [-0.4, -0.2) is 56.4 Å². The van der Waals surface area contributed by atoms with Crippen molar-refractivity contribution in [3.63, 3.8) is 0 Å². The number of carbonyl (C=O) groups is 1. The fraction of sp³-hybridized carbons (Fsp3) is 0.474. The number of hydrogen-bond acceptors (Lipinski definition) is 6. The van der Waals surface area contributed by atoms with Crippen molar-refractivity contribution in [1.29, 1.82) is 0 Å². The van der Waals surface area contributed by atoms with Crippen molar-refractivity contribution in [2.24, 2.45) is 0 Å². The van der Waals surface area contributed by atoms with Gasteiger partial charge in [0, 0.05) is 32.8 Å². The summed E-state index contributed by atoms with van der Waals surface area (Å²) >= 11 is 0. The third-order valence-corrected chi connectivity index (χ3v) is 7.52. The zero-order valence-corrected chi connectivity index (χ0v) is 16.5. The van der Waals surface area contributed by atoms with E-state index in [1.54, 1.807) is 11.0 Å². The Morgan fingerprint density at radius 1 is 1.32 bits per heavy atom. The number of methoxy groups -OCH3 is 1. The number of fused-ring (bicyclic) bond motifs is 1. The van der Waals surface area contributed by atoms with Crippen LogP contribution in [-0.2, 0) is 27.8 Å². The second-order valence-corrected chi connectivity index (χ2v) is 9.26. The summed E-state index contributed by atoms with van der Waals surface area (Å²) in [5.41, 5.74) is 1.98. The van der Waals surface area contributed by atoms with Gasteiger partial charge in [0.15, 0.2) is 11.5 Å². The Balaban J connectivity index is 1.51. The van der Waals surface area contributed by atoms with Gasteiger partial charge in [-0.1, -0.05) is 23.4 Å². The lowest BCUT2D eigenvalue weighted by molar-refractivity contribution is 0.0716. The molecule has 3 heterocycles. The highest BCUT2D eigenvalue weighted by Crippen LogP contribution is 2.33. The standard InChI is InChI=1S/C19H23N3O5S/c1-26-13-15-11-17(20-27-15)19(23)21-9-4-6-16(12-21)28(24,25)22-10-8-14-5-2-3-7-18(14)22/h2-3,5,7,11,16H,4,6,8-10,12-13H2,1H3. The Kier molecular flexibility index (Phi) is 5.11. The third-order valence-electron chi connectivity index (χ3n) is 5.30. The molecule has 1 saturated heterocycles. The van der Waals surface area contributed by atoms with E-state index in [0.29, 0.717) is 38.1 Å². The molecule has 28 heavy (non-hydrogen) atoms. The van der Waals surface area contributed by atoms with Gasteiger partial charge in [-0.2, -0.15) is 0 Å². The maximum atomic E-state index is 13.3. The number of piperidine rings is 1. The Labute approximate surface area is 164 Å². The fourth-order valence-electron chi connectivity index (χ4n) is 3.90. The molecule has 1 unspecified atom stereocenters. The molecule has 1 aromatic heterocycles. The van der Waals surface area contributed by atoms with E-state index in [0.717, 1.165) is 11.3 Å². The largest absolute Gasteiger partial charge is 0.377 e. The van der Waals surface area contributed by atoms with E-state index in [1.807, 2.05) is 24.3 Å². The summed E-state index contributed by atoms with van der Waals surface area (Å²) in [4.78, 5) is 14.3. The first-order valence-corrected chi connectivity index (χ1v) is 10.8. The Morgan fingerprint density at radius 3 is 2.96 bits per heavy atom. The summed E-state index contributed by atoms with van der Waals surface area (Å²) < 4.78 is 38.1. The summed E-state index contributed by atoms with van der Waals surface area (Å²) in [6.45, 7) is 1.35. The van der Waals surface area contributed by atoms with Crippen molar-refractivity contribution in [3.05, 3.63) is 47.3 Å². The summed E-state index contributed by atoms with van der Waals surface area (Å²) in [5, 5.41) is 3.17. The Hall–Kier alpha value is -2.39. The van der Waals surface area contributed by atoms with Crippen LogP contribution in [0.25, 0.3) is 0 Å². The van der Waals surface area contributed by atoms with Gasteiger partial charge < -0.3 is 14.2 Å². The molecule has 150 valence electrons. The molecule has 1 aromatic carbocycles. The van der Waals surface area contributed by atoms with Crippen molar-refractivity contribution in [2.45, 2.75) is 31.1 Å². The number of amides is 1. The van der Waals surface area contributed by atoms with Gasteiger partial charge in [-0.25, -0.2) is 8.42 Å². The second-order valence-electron chi connectivity index (χ2n) is 7.12. The monoisotopic (exact) mass is 405 g/mol. The molecule has 4 rings (SSSR count). The average Bonchev–Trinajstić information content (AvgIpc) is 3.35. The molecule has 0 aliphatic carbocycles. The number of carbonyl (C=O) groups excluding carboxylic acids is 1. The molecule has 9 heteroatoms. The highest BCUT2D eigenvalue weighted by Gasteiger charge is 2.39. The normalized spacial score (nSPS) is 19.7. The van der Waals surface area contributed by atoms with Gasteiger partial charge >= 0.3 is 0 Å². The van der Waals surface area contributed by atoms with Gasteiger partial charge in [-0.05, 0) is 30.9 Å². The fourth-order valence-corrected chi connectivity index (χ4v) is 5.89. The van der Waals surface area contributed by atoms with Gasteiger partial charge in [0.1, 0.15) is 6.61 Å². The first-order valence-electron chi connectivity index (χ1n) is 9.34. The second kappa shape index (κ2) is 7.56. The zero-order chi connectivity index (χ0) is 19.7. The van der Waals surface area contributed by atoms with Gasteiger partial charge in [0.25, 0.3) is 5.91 Å². The smallest absolute Gasteiger partial charge is 0.276 e. The molecule has 0 saturated carbocycles. The summed E-state index contributed by atoms with van der Waals surface area (Å²) in [5.74, 6) is 0.147. The van der Waals surface area contributed by atoms with Crippen LogP contribution in [0.2, 0.25) is 0 Å². The van der Waals surface area contributed by atoms with Gasteiger partial charge in [-0.3, -0.25) is 9.10 Å². The van der Waals surface area contributed by atoms with E-state index < -0.39 is 15.3 Å². The molecule has 1 atom stereocenters. The van der Waals surface area contributed by atoms with E-state index in [1.165, 1.54) is 11.4 Å². The minimum Gasteiger partial charge on any atom is -0.377 e. The van der Waals surface area contributed by atoms with Crippen LogP contribution >= 0.6 is 0 Å². The third kappa shape index (κ3) is 3.40. The van der Waals surface area contributed by atoms with Crippen LogP contribution in [0.4, 0.5) is 5.69 Å². The summed E-state index contributed by atoms with van der Waals surface area (Å²) in [7, 11) is -2.02. The lowest BCUT2D eigenvalue weighted by Crippen LogP contribution is -2.49. The maximum Gasteiger partial charge on any atom is 0.276 e. The number of para-hydroxylation sites is 1. The molecule has 1 amide bonds. The van der Waals surface area contributed by atoms with Crippen molar-refractivity contribution in [1.82, 2.24) is 10.1 Å². The van der Waals surface area contributed by atoms with Crippen molar-refractivity contribution >= 4 is 21.6 Å². The van der Waals surface area contributed by atoms with Crippen molar-refractivity contribution in [3.8, 4) is 0 Å². The van der Waals surface area contributed by atoms with E-state index in [9.17, 15) is 13.2 Å². The highest BCUT2D eigenvalue weighted by atomic mass is 32.2. The van der Waals surface area contributed by atoms with Crippen LogP contribution in [0.5, 0.6) is 0 Å². The number of ether oxygens (including phenoxy) is 1. The van der Waals surface area contributed by atoms with Gasteiger partial charge in [0.05, 0.1) is 10.9 Å². The van der Waals surface area contributed by atoms with Crippen LogP contribution in [0.3, 0.4) is 0 Å². The number of aromatic nitrogens is 1. The van der Waals surface area contributed by atoms with Crippen LogP contribution in [0.15, 0.2) is 34.9 Å². The van der Waals surface area contributed by atoms with E-state index in [2.05, 4.69) is 5.16 Å². The molecule has 0 radical (unpaired) electrons. The Morgan fingerprint density at radius 2 is 2.14 bits per heavy atom. The van der Waals surface area contributed by atoms with Gasteiger partial charge in [0.2, 0.25) is 10.0 Å². The molecule has 2 aliphatic rings. The quantitative estimate of drug-likeness (QED) is 0.753. The van der Waals surface area contributed by atoms with E-state index in [-0.39, 0.29) is 24.8 Å². The number of rotatable bonds is 5. The SMILES string of the molecule is COCc1cc(C(=O)N2CCCC(S(=O)(=O)N3CCc4ccccc43)C2)no1. The number of sulfonamides is 1. The van der Waals surface area contributed by atoms with Gasteiger partial charge in [-0.15, -0.1) is 0 Å². The first-order chi connectivity index (χ1) is 13.5. The van der Waals surface area contributed by atoms with Crippen molar-refractivity contribution in [2.75, 3.05) is 31.0 Å². The molecule has 2 aliphatic heterocycles. The zero-order valence-electron chi connectivity index (χ0n) is 15.7. The molecule has 2 aromatic rings. The molecule has 0 N–H and O–H groups in total. The predicted octanol–water partition coefficient (Wildman–Crippen LogP) is 1.82. The topological polar surface area (TPSA) is 93.0 Å². The maximum absolute atomic E-state index is 13.3. The van der Waals surface area contributed by atoms with Crippen LogP contribution in [0.1, 0.15) is 34.7 Å². The number of benzene rings is 1. The van der Waals surface area contributed by atoms with Crippen LogP contribution < -0.4 is 4.31 Å². The predicted molar refractivity (Wildman–Crippen MR) is 103 cm³/mol. The molecule has 1 fully saturated rings. The van der Waals surface area contributed by atoms with E-state index >= 15 is 0 Å². The molecule has 8 nitrogen and oxygen atoms in total. The number of hydrogen-bond donors (Lipinski definition) is 0. The lowest BCUT2D eigenvalue weighted by Gasteiger charge is -2.34. The molecule has 0 spiro atoms. The van der Waals surface area contributed by atoms with E-state index in [4.69, 9.17) is 9.26 Å². The highest BCUT2D eigenvalue weighted by molar-refractivity contribution is 7.93. The Bertz CT molecular complexity index is 971. The molecule has 0 bridgehead atoms. The summed E-state index contributed by atoms with van der Waals surface area (Å²) in [6.07, 6.45) is 1.89. The molecular formula is C19H23N3O5S. The number of anilines is 1.